The molecule has 3 heteroatoms. The van der Waals surface area contributed by atoms with E-state index < -0.39 is 10.8 Å². The molecule has 0 amide bonds. The van der Waals surface area contributed by atoms with Crippen LogP contribution in [-0.4, -0.2) is 16.0 Å². The molecule has 2 atom stereocenters. The molecule has 2 N–H and O–H groups in total. The van der Waals surface area contributed by atoms with E-state index >= 15 is 0 Å². The first-order chi connectivity index (χ1) is 7.50. The van der Waals surface area contributed by atoms with Crippen LogP contribution < -0.4 is 5.73 Å². The summed E-state index contributed by atoms with van der Waals surface area (Å²) in [5.74, 6) is 1.17. The van der Waals surface area contributed by atoms with Crippen LogP contribution in [0, 0.1) is 0 Å². The molecule has 0 saturated heterocycles. The summed E-state index contributed by atoms with van der Waals surface area (Å²) in [5, 5.41) is 0. The van der Waals surface area contributed by atoms with E-state index in [1.54, 1.807) is 0 Å². The van der Waals surface area contributed by atoms with Gasteiger partial charge in [0.2, 0.25) is 0 Å². The van der Waals surface area contributed by atoms with Crippen LogP contribution in [0.4, 0.5) is 0 Å². The van der Waals surface area contributed by atoms with Crippen LogP contribution >= 0.6 is 0 Å². The van der Waals surface area contributed by atoms with Gasteiger partial charge in [-0.05, 0) is 37.0 Å². The van der Waals surface area contributed by atoms with Crippen molar-refractivity contribution in [3.05, 3.63) is 29.8 Å². The summed E-state index contributed by atoms with van der Waals surface area (Å²) in [6.07, 6.45) is 0.804. The highest BCUT2D eigenvalue weighted by Gasteiger charge is 2.06. The Bertz CT molecular complexity index is 343. The highest BCUT2D eigenvalue weighted by atomic mass is 32.2. The van der Waals surface area contributed by atoms with E-state index in [1.165, 1.54) is 5.56 Å². The monoisotopic (exact) mass is 239 g/mol. The average Bonchev–Trinajstić information content (AvgIpc) is 2.26. The highest BCUT2D eigenvalue weighted by molar-refractivity contribution is 7.85. The summed E-state index contributed by atoms with van der Waals surface area (Å²) in [6, 6.07) is 8.17. The van der Waals surface area contributed by atoms with Crippen molar-refractivity contribution in [3.8, 4) is 0 Å². The molecule has 1 rings (SSSR count). The minimum absolute atomic E-state index is 0.124. The van der Waals surface area contributed by atoms with Gasteiger partial charge in [0, 0.05) is 16.7 Å². The molecule has 0 aromatic heterocycles. The summed E-state index contributed by atoms with van der Waals surface area (Å²) < 4.78 is 11.9. The summed E-state index contributed by atoms with van der Waals surface area (Å²) in [5.41, 5.74) is 6.93. The van der Waals surface area contributed by atoms with Crippen LogP contribution in [0.2, 0.25) is 0 Å². The Balaban J connectivity index is 2.63. The molecule has 2 nitrogen and oxygen atoms in total. The maximum atomic E-state index is 11.9. The average molecular weight is 239 g/mol. The molecule has 1 aromatic carbocycles. The van der Waals surface area contributed by atoms with Gasteiger partial charge in [-0.2, -0.15) is 0 Å². The molecule has 16 heavy (non-hydrogen) atoms. The van der Waals surface area contributed by atoms with Gasteiger partial charge in [0.15, 0.2) is 0 Å². The Morgan fingerprint density at radius 2 is 1.75 bits per heavy atom. The van der Waals surface area contributed by atoms with E-state index in [0.29, 0.717) is 11.7 Å². The fourth-order valence-electron chi connectivity index (χ4n) is 1.42. The van der Waals surface area contributed by atoms with Gasteiger partial charge in [-0.15, -0.1) is 0 Å². The first-order valence-electron chi connectivity index (χ1n) is 5.74. The van der Waals surface area contributed by atoms with E-state index in [9.17, 15) is 4.21 Å². The second kappa shape index (κ2) is 6.16. The van der Waals surface area contributed by atoms with E-state index in [4.69, 9.17) is 5.73 Å². The first kappa shape index (κ1) is 13.4. The standard InChI is InChI=1S/C13H21NOS/c1-10(2)12-4-6-13(7-5-12)16(15)9-8-11(3)14/h4-7,10-11H,8-9,14H2,1-3H3. The number of hydrogen-bond acceptors (Lipinski definition) is 2. The molecule has 0 heterocycles. The Labute approximate surface area is 101 Å². The van der Waals surface area contributed by atoms with Gasteiger partial charge >= 0.3 is 0 Å². The maximum Gasteiger partial charge on any atom is 0.0530 e. The van der Waals surface area contributed by atoms with Crippen LogP contribution in [0.5, 0.6) is 0 Å². The molecule has 2 unspecified atom stereocenters. The second-order valence-electron chi connectivity index (χ2n) is 4.54. The van der Waals surface area contributed by atoms with Crippen molar-refractivity contribution in [3.63, 3.8) is 0 Å². The zero-order chi connectivity index (χ0) is 12.1. The molecule has 0 bridgehead atoms. The lowest BCUT2D eigenvalue weighted by atomic mass is 10.0. The summed E-state index contributed by atoms with van der Waals surface area (Å²) in [4.78, 5) is 0.907. The van der Waals surface area contributed by atoms with Crippen molar-refractivity contribution in [2.24, 2.45) is 5.73 Å². The minimum atomic E-state index is -0.905. The summed E-state index contributed by atoms with van der Waals surface area (Å²) in [6.45, 7) is 6.25. The van der Waals surface area contributed by atoms with Crippen molar-refractivity contribution in [2.75, 3.05) is 5.75 Å². The predicted octanol–water partition coefficient (Wildman–Crippen LogP) is 2.65. The predicted molar refractivity (Wildman–Crippen MR) is 70.1 cm³/mol. The lowest BCUT2D eigenvalue weighted by Gasteiger charge is -2.08. The molecular formula is C13H21NOS. The van der Waals surface area contributed by atoms with Crippen molar-refractivity contribution in [1.82, 2.24) is 0 Å². The van der Waals surface area contributed by atoms with E-state index in [0.717, 1.165) is 11.3 Å². The minimum Gasteiger partial charge on any atom is -0.328 e. The lowest BCUT2D eigenvalue weighted by Crippen LogP contribution is -2.17. The Hall–Kier alpha value is -0.670. The largest absolute Gasteiger partial charge is 0.328 e. The number of rotatable bonds is 5. The van der Waals surface area contributed by atoms with Crippen LogP contribution in [-0.2, 0) is 10.8 Å². The molecule has 0 fully saturated rings. The molecule has 0 spiro atoms. The number of hydrogen-bond donors (Lipinski definition) is 1. The number of nitrogens with two attached hydrogens (primary N) is 1. The Morgan fingerprint density at radius 3 is 2.19 bits per heavy atom. The molecular weight excluding hydrogens is 218 g/mol. The van der Waals surface area contributed by atoms with Gasteiger partial charge < -0.3 is 5.73 Å². The molecule has 90 valence electrons. The molecule has 1 aromatic rings. The fourth-order valence-corrected chi connectivity index (χ4v) is 2.68. The lowest BCUT2D eigenvalue weighted by molar-refractivity contribution is 0.667. The maximum absolute atomic E-state index is 11.9. The highest BCUT2D eigenvalue weighted by Crippen LogP contribution is 2.16. The first-order valence-corrected chi connectivity index (χ1v) is 7.06. The Morgan fingerprint density at radius 1 is 1.19 bits per heavy atom. The fraction of sp³-hybridized carbons (Fsp3) is 0.538. The van der Waals surface area contributed by atoms with Crippen LogP contribution in [0.3, 0.4) is 0 Å². The third kappa shape index (κ3) is 4.06. The van der Waals surface area contributed by atoms with Gasteiger partial charge in [0.05, 0.1) is 10.8 Å². The number of benzene rings is 1. The molecule has 0 radical (unpaired) electrons. The van der Waals surface area contributed by atoms with Crippen molar-refractivity contribution < 1.29 is 4.21 Å². The smallest absolute Gasteiger partial charge is 0.0530 e. The summed E-state index contributed by atoms with van der Waals surface area (Å²) in [7, 11) is -0.905. The van der Waals surface area contributed by atoms with Gasteiger partial charge in [-0.1, -0.05) is 26.0 Å². The van der Waals surface area contributed by atoms with Crippen LogP contribution in [0.25, 0.3) is 0 Å². The normalized spacial score (nSPS) is 15.1. The van der Waals surface area contributed by atoms with Crippen molar-refractivity contribution in [2.45, 2.75) is 44.0 Å². The van der Waals surface area contributed by atoms with E-state index in [1.807, 2.05) is 19.1 Å². The second-order valence-corrected chi connectivity index (χ2v) is 6.11. The third-order valence-electron chi connectivity index (χ3n) is 2.57. The van der Waals surface area contributed by atoms with E-state index in [2.05, 4.69) is 26.0 Å². The SMILES string of the molecule is CC(N)CCS(=O)c1ccc(C(C)C)cc1. The van der Waals surface area contributed by atoms with Gasteiger partial charge in [0.1, 0.15) is 0 Å². The summed E-state index contributed by atoms with van der Waals surface area (Å²) >= 11 is 0. The quantitative estimate of drug-likeness (QED) is 0.858. The van der Waals surface area contributed by atoms with Crippen molar-refractivity contribution in [1.29, 1.82) is 0 Å². The van der Waals surface area contributed by atoms with Gasteiger partial charge in [0.25, 0.3) is 0 Å². The molecule has 0 saturated carbocycles. The zero-order valence-corrected chi connectivity index (χ0v) is 11.1. The van der Waals surface area contributed by atoms with Gasteiger partial charge in [-0.25, -0.2) is 0 Å². The Kier molecular flexibility index (Phi) is 5.16. The van der Waals surface area contributed by atoms with E-state index in [-0.39, 0.29) is 6.04 Å². The van der Waals surface area contributed by atoms with Crippen LogP contribution in [0.15, 0.2) is 29.2 Å². The zero-order valence-electron chi connectivity index (χ0n) is 10.3. The topological polar surface area (TPSA) is 43.1 Å². The van der Waals surface area contributed by atoms with Crippen LogP contribution in [0.1, 0.15) is 38.7 Å². The molecule has 0 aliphatic carbocycles. The van der Waals surface area contributed by atoms with Crippen molar-refractivity contribution >= 4 is 10.8 Å². The molecule has 0 aliphatic rings. The van der Waals surface area contributed by atoms with Gasteiger partial charge in [-0.3, -0.25) is 4.21 Å². The molecule has 0 aliphatic heterocycles. The third-order valence-corrected chi connectivity index (χ3v) is 3.97.